The van der Waals surface area contributed by atoms with Gasteiger partial charge in [-0.2, -0.15) is 0 Å². The van der Waals surface area contributed by atoms with Crippen molar-refractivity contribution in [3.05, 3.63) is 60.8 Å². The van der Waals surface area contributed by atoms with Gasteiger partial charge in [0, 0.05) is 6.42 Å². The van der Waals surface area contributed by atoms with Crippen molar-refractivity contribution >= 4 is 11.9 Å². The number of carbonyl (C=O) groups excluding carboxylic acids is 2. The highest BCUT2D eigenvalue weighted by molar-refractivity contribution is 5.80. The summed E-state index contributed by atoms with van der Waals surface area (Å²) in [7, 11) is 0. The van der Waals surface area contributed by atoms with Gasteiger partial charge in [0.1, 0.15) is 24.4 Å². The van der Waals surface area contributed by atoms with Crippen LogP contribution in [0.3, 0.4) is 0 Å². The maximum atomic E-state index is 13.3. The number of unbranched alkanes of at least 4 members (excludes halogenated alkanes) is 25. The first-order valence-corrected chi connectivity index (χ1v) is 27.1. The molecule has 1 saturated heterocycles. The van der Waals surface area contributed by atoms with Crippen LogP contribution in [-0.2, 0) is 23.8 Å². The molecule has 1 rings (SSSR count). The summed E-state index contributed by atoms with van der Waals surface area (Å²) in [5.41, 5.74) is 0. The first-order chi connectivity index (χ1) is 32.7. The molecule has 8 unspecified atom stereocenters. The fraction of sp³-hybridized carbons (Fsp3) is 0.786. The molecule has 0 aliphatic carbocycles. The van der Waals surface area contributed by atoms with Crippen LogP contribution in [0.2, 0.25) is 0 Å². The predicted octanol–water partition coefficient (Wildman–Crippen LogP) is 11.5. The molecule has 67 heavy (non-hydrogen) atoms. The first kappa shape index (κ1) is 62.4. The molecular formula is C56H99NO10. The van der Waals surface area contributed by atoms with Crippen LogP contribution in [0.4, 0.5) is 0 Å². The predicted molar refractivity (Wildman–Crippen MR) is 273 cm³/mol. The molecule has 11 nitrogen and oxygen atoms in total. The molecule has 8 atom stereocenters. The number of esters is 1. The van der Waals surface area contributed by atoms with Crippen LogP contribution in [-0.4, -0.2) is 99.6 Å². The van der Waals surface area contributed by atoms with Crippen molar-refractivity contribution in [1.29, 1.82) is 0 Å². The largest absolute Gasteiger partial charge is 0.454 e. The summed E-state index contributed by atoms with van der Waals surface area (Å²) < 4.78 is 17.5. The maximum Gasteiger partial charge on any atom is 0.306 e. The van der Waals surface area contributed by atoms with Gasteiger partial charge in [0.2, 0.25) is 5.91 Å². The van der Waals surface area contributed by atoms with E-state index in [2.05, 4.69) is 32.2 Å². The van der Waals surface area contributed by atoms with Gasteiger partial charge >= 0.3 is 5.97 Å². The topological polar surface area (TPSA) is 175 Å². The van der Waals surface area contributed by atoms with Crippen LogP contribution < -0.4 is 5.32 Å². The smallest absolute Gasteiger partial charge is 0.306 e. The molecule has 1 heterocycles. The van der Waals surface area contributed by atoms with Crippen molar-refractivity contribution < 1.29 is 49.3 Å². The fourth-order valence-electron chi connectivity index (χ4n) is 8.19. The van der Waals surface area contributed by atoms with Crippen molar-refractivity contribution in [2.75, 3.05) is 13.2 Å². The third-order valence-corrected chi connectivity index (χ3v) is 12.5. The van der Waals surface area contributed by atoms with Crippen molar-refractivity contribution in [3.63, 3.8) is 0 Å². The lowest BCUT2D eigenvalue weighted by molar-refractivity contribution is -0.305. The summed E-state index contributed by atoms with van der Waals surface area (Å²) in [6.07, 6.45) is 42.7. The average Bonchev–Trinajstić information content (AvgIpc) is 3.32. The molecule has 1 aliphatic heterocycles. The number of ether oxygens (including phenoxy) is 3. The lowest BCUT2D eigenvalue weighted by Gasteiger charge is -2.41. The van der Waals surface area contributed by atoms with Crippen LogP contribution in [0.1, 0.15) is 220 Å². The Morgan fingerprint density at radius 1 is 0.597 bits per heavy atom. The molecular weight excluding hydrogens is 847 g/mol. The van der Waals surface area contributed by atoms with Crippen LogP contribution in [0, 0.1) is 0 Å². The maximum absolute atomic E-state index is 13.3. The van der Waals surface area contributed by atoms with E-state index in [0.717, 1.165) is 57.8 Å². The molecule has 11 heteroatoms. The van der Waals surface area contributed by atoms with Gasteiger partial charge in [0.15, 0.2) is 12.4 Å². The Bertz CT molecular complexity index is 1320. The third kappa shape index (κ3) is 33.5. The summed E-state index contributed by atoms with van der Waals surface area (Å²) in [6, 6.07) is -1.04. The number of aliphatic hydroxyl groups excluding tert-OH is 5. The molecule has 1 fully saturated rings. The van der Waals surface area contributed by atoms with Gasteiger partial charge in [-0.15, -0.1) is 0 Å². The standard InChI is InChI=1S/C56H99NO10/c1-4-7-10-13-16-19-22-25-28-30-33-36-39-42-48(59)47(57-55(64)49(60)43-40-37-34-31-27-24-21-18-15-12-9-6-3)46-65-56-54(53(63)52(62)50(45-58)66-56)67-51(61)44-41-38-35-32-29-26-23-20-17-14-11-8-5-2/h9,12,15,18,21,24,27,31,39,42,47-50,52-54,56,58-60,62-63H,4-8,10-11,13-14,16-17,19-20,22-23,25-26,28-30,32-38,40-41,43-46H2,1-3H3,(H,57,64)/b12-9+,18-15+,24-21-,31-27-,42-39+. The third-order valence-electron chi connectivity index (χ3n) is 12.5. The van der Waals surface area contributed by atoms with Gasteiger partial charge < -0.3 is 45.1 Å². The zero-order chi connectivity index (χ0) is 49.0. The summed E-state index contributed by atoms with van der Waals surface area (Å²) >= 11 is 0. The van der Waals surface area contributed by atoms with E-state index in [1.54, 1.807) is 6.08 Å². The number of aliphatic hydroxyl groups is 5. The number of hydrogen-bond acceptors (Lipinski definition) is 10. The molecule has 388 valence electrons. The van der Waals surface area contributed by atoms with Crippen LogP contribution >= 0.6 is 0 Å². The zero-order valence-electron chi connectivity index (χ0n) is 42.5. The number of amides is 1. The van der Waals surface area contributed by atoms with Crippen molar-refractivity contribution in [1.82, 2.24) is 5.32 Å². The quantitative estimate of drug-likeness (QED) is 0.0149. The SMILES string of the molecule is CC/C=C/C=C/C=C\C=C/CCCCC(O)C(=O)NC(COC1OC(CO)C(O)C(O)C1OC(=O)CCCCCCCCCCCCCCC)C(O)/C=C/CCCCCCCCCCCCC. The van der Waals surface area contributed by atoms with Gasteiger partial charge in [0.25, 0.3) is 0 Å². The normalized spacial score (nSPS) is 20.5. The molecule has 0 bridgehead atoms. The summed E-state index contributed by atoms with van der Waals surface area (Å²) in [4.78, 5) is 26.3. The van der Waals surface area contributed by atoms with Crippen molar-refractivity contribution in [2.45, 2.75) is 269 Å². The number of carbonyl (C=O) groups is 2. The Morgan fingerprint density at radius 3 is 1.61 bits per heavy atom. The molecule has 0 saturated carbocycles. The highest BCUT2D eigenvalue weighted by Crippen LogP contribution is 2.26. The Labute approximate surface area is 408 Å². The molecule has 0 radical (unpaired) electrons. The highest BCUT2D eigenvalue weighted by atomic mass is 16.7. The minimum atomic E-state index is -1.62. The van der Waals surface area contributed by atoms with Crippen LogP contribution in [0.5, 0.6) is 0 Å². The Morgan fingerprint density at radius 2 is 1.07 bits per heavy atom. The van der Waals surface area contributed by atoms with Gasteiger partial charge in [-0.3, -0.25) is 9.59 Å². The molecule has 0 aromatic rings. The van der Waals surface area contributed by atoms with Crippen LogP contribution in [0.25, 0.3) is 0 Å². The van der Waals surface area contributed by atoms with E-state index in [9.17, 15) is 35.1 Å². The van der Waals surface area contributed by atoms with Crippen molar-refractivity contribution in [2.24, 2.45) is 0 Å². The molecule has 6 N–H and O–H groups in total. The zero-order valence-corrected chi connectivity index (χ0v) is 42.5. The second kappa shape index (κ2) is 44.6. The van der Waals surface area contributed by atoms with Gasteiger partial charge in [0.05, 0.1) is 25.4 Å². The van der Waals surface area contributed by atoms with Crippen LogP contribution in [0.15, 0.2) is 60.8 Å². The molecule has 1 amide bonds. The van der Waals surface area contributed by atoms with E-state index in [1.165, 1.54) is 116 Å². The summed E-state index contributed by atoms with van der Waals surface area (Å²) in [6.45, 7) is 5.59. The van der Waals surface area contributed by atoms with E-state index in [4.69, 9.17) is 14.2 Å². The average molecular weight is 946 g/mol. The Kier molecular flexibility index (Phi) is 41.5. The number of allylic oxidation sites excluding steroid dienone is 9. The second-order valence-corrected chi connectivity index (χ2v) is 18.7. The van der Waals surface area contributed by atoms with E-state index < -0.39 is 67.4 Å². The Balaban J connectivity index is 2.80. The highest BCUT2D eigenvalue weighted by Gasteiger charge is 2.47. The van der Waals surface area contributed by atoms with Gasteiger partial charge in [-0.05, 0) is 44.9 Å². The summed E-state index contributed by atoms with van der Waals surface area (Å²) in [5, 5.41) is 56.6. The van der Waals surface area contributed by atoms with Gasteiger partial charge in [-0.25, -0.2) is 0 Å². The molecule has 0 aromatic heterocycles. The second-order valence-electron chi connectivity index (χ2n) is 18.7. The fourth-order valence-corrected chi connectivity index (χ4v) is 8.19. The lowest BCUT2D eigenvalue weighted by atomic mass is 9.99. The van der Waals surface area contributed by atoms with Gasteiger partial charge in [-0.1, -0.05) is 229 Å². The van der Waals surface area contributed by atoms with E-state index in [0.29, 0.717) is 12.8 Å². The number of nitrogens with one attached hydrogen (secondary N) is 1. The number of rotatable bonds is 44. The summed E-state index contributed by atoms with van der Waals surface area (Å²) in [5.74, 6) is -1.24. The monoisotopic (exact) mass is 946 g/mol. The van der Waals surface area contributed by atoms with E-state index in [1.807, 2.05) is 48.6 Å². The van der Waals surface area contributed by atoms with E-state index in [-0.39, 0.29) is 19.4 Å². The first-order valence-electron chi connectivity index (χ1n) is 27.1. The molecule has 0 aromatic carbocycles. The number of hydrogen-bond donors (Lipinski definition) is 6. The molecule has 0 spiro atoms. The Hall–Kier alpha value is -2.64. The minimum absolute atomic E-state index is 0.120. The lowest BCUT2D eigenvalue weighted by Crippen LogP contribution is -2.61. The molecule has 1 aliphatic rings. The van der Waals surface area contributed by atoms with Crippen molar-refractivity contribution in [3.8, 4) is 0 Å². The minimum Gasteiger partial charge on any atom is -0.454 e. The van der Waals surface area contributed by atoms with E-state index >= 15 is 0 Å².